The summed E-state index contributed by atoms with van der Waals surface area (Å²) in [5.41, 5.74) is 12.8. The summed E-state index contributed by atoms with van der Waals surface area (Å²) in [4.78, 5) is 19.9. The summed E-state index contributed by atoms with van der Waals surface area (Å²) < 4.78 is 3.55. The lowest BCUT2D eigenvalue weighted by Crippen LogP contribution is -2.29. The molecule has 0 spiro atoms. The van der Waals surface area contributed by atoms with Crippen molar-refractivity contribution in [3.63, 3.8) is 0 Å². The van der Waals surface area contributed by atoms with Gasteiger partial charge in [0.25, 0.3) is 5.91 Å². The Morgan fingerprint density at radius 2 is 1.82 bits per heavy atom. The fourth-order valence-electron chi connectivity index (χ4n) is 4.98. The van der Waals surface area contributed by atoms with Gasteiger partial charge < -0.3 is 11.1 Å². The summed E-state index contributed by atoms with van der Waals surface area (Å²) in [6, 6.07) is 17.3. The van der Waals surface area contributed by atoms with E-state index in [2.05, 4.69) is 25.4 Å². The molecule has 1 fully saturated rings. The number of piperidine rings is 1. The smallest absolute Gasteiger partial charge is 0.255 e. The van der Waals surface area contributed by atoms with Crippen molar-refractivity contribution in [2.75, 3.05) is 18.4 Å². The van der Waals surface area contributed by atoms with Gasteiger partial charge in [0.2, 0.25) is 0 Å². The highest BCUT2D eigenvalue weighted by molar-refractivity contribution is 6.04. The van der Waals surface area contributed by atoms with E-state index in [0.29, 0.717) is 17.8 Å². The van der Waals surface area contributed by atoms with E-state index in [-0.39, 0.29) is 5.91 Å². The minimum Gasteiger partial charge on any atom is -0.326 e. The average molecular weight is 507 g/mol. The Kier molecular flexibility index (Phi) is 6.68. The van der Waals surface area contributed by atoms with Crippen LogP contribution in [0.1, 0.15) is 40.7 Å². The maximum atomic E-state index is 13.0. The summed E-state index contributed by atoms with van der Waals surface area (Å²) in [6.07, 6.45) is 11.1. The van der Waals surface area contributed by atoms with Crippen molar-refractivity contribution in [2.24, 2.45) is 5.73 Å². The van der Waals surface area contributed by atoms with E-state index < -0.39 is 0 Å². The number of carbonyl (C=O) groups excluding carboxylic acids is 1. The molecule has 1 saturated heterocycles. The second-order valence-electron chi connectivity index (χ2n) is 9.65. The molecule has 1 aliphatic rings. The lowest BCUT2D eigenvalue weighted by molar-refractivity contribution is 0.102. The molecule has 3 N–H and O–H groups in total. The molecule has 2 aromatic carbocycles. The zero-order valence-corrected chi connectivity index (χ0v) is 21.1. The van der Waals surface area contributed by atoms with Gasteiger partial charge in [0.05, 0.1) is 23.8 Å². The highest BCUT2D eigenvalue weighted by atomic mass is 16.1. The second kappa shape index (κ2) is 10.6. The molecular formula is C29H30N8O. The van der Waals surface area contributed by atoms with E-state index in [9.17, 15) is 4.79 Å². The molecule has 0 unspecified atom stereocenters. The Morgan fingerprint density at radius 1 is 0.974 bits per heavy atom. The number of nitrogens with zero attached hydrogens (tertiary/aromatic N) is 6. The molecule has 1 amide bonds. The first kappa shape index (κ1) is 24.0. The number of anilines is 1. The zero-order valence-electron chi connectivity index (χ0n) is 21.1. The minimum atomic E-state index is -0.154. The van der Waals surface area contributed by atoms with Gasteiger partial charge in [0.15, 0.2) is 5.65 Å². The fraction of sp³-hybridized carbons (Fsp3) is 0.241. The first-order valence-electron chi connectivity index (χ1n) is 13.0. The van der Waals surface area contributed by atoms with E-state index in [4.69, 9.17) is 5.73 Å². The number of rotatable bonds is 7. The van der Waals surface area contributed by atoms with E-state index in [1.165, 1.54) is 24.8 Å². The molecular weight excluding hydrogens is 476 g/mol. The Hall–Kier alpha value is -4.34. The minimum absolute atomic E-state index is 0.154. The van der Waals surface area contributed by atoms with Crippen molar-refractivity contribution in [1.29, 1.82) is 0 Å². The molecule has 0 radical (unpaired) electrons. The normalized spacial score (nSPS) is 14.1. The number of nitrogens with one attached hydrogen (secondary N) is 1. The van der Waals surface area contributed by atoms with Gasteiger partial charge in [-0.25, -0.2) is 14.2 Å². The predicted octanol–water partition coefficient (Wildman–Crippen LogP) is 4.28. The van der Waals surface area contributed by atoms with Crippen molar-refractivity contribution in [3.8, 4) is 16.9 Å². The molecule has 0 atom stereocenters. The van der Waals surface area contributed by atoms with Crippen LogP contribution in [0.25, 0.3) is 22.6 Å². The molecule has 0 aliphatic carbocycles. The number of hydrogen-bond acceptors (Lipinski definition) is 6. The number of nitrogens with two attached hydrogens (primary N) is 1. The number of amides is 1. The van der Waals surface area contributed by atoms with E-state index >= 15 is 0 Å². The van der Waals surface area contributed by atoms with Crippen LogP contribution in [-0.4, -0.2) is 48.3 Å². The van der Waals surface area contributed by atoms with Crippen LogP contribution in [0.4, 0.5) is 5.69 Å². The van der Waals surface area contributed by atoms with Gasteiger partial charge in [0, 0.05) is 42.3 Å². The number of likely N-dealkylation sites (tertiary alicyclic amines) is 1. The number of aromatic nitrogens is 5. The first-order chi connectivity index (χ1) is 18.7. The van der Waals surface area contributed by atoms with Gasteiger partial charge in [0.1, 0.15) is 0 Å². The van der Waals surface area contributed by atoms with Crippen LogP contribution < -0.4 is 11.1 Å². The van der Waals surface area contributed by atoms with Crippen LogP contribution in [-0.2, 0) is 13.1 Å². The quantitative estimate of drug-likeness (QED) is 0.341. The number of fused-ring (bicyclic) bond motifs is 1. The molecule has 9 nitrogen and oxygen atoms in total. The van der Waals surface area contributed by atoms with Crippen LogP contribution in [0.2, 0.25) is 0 Å². The Bertz CT molecular complexity index is 1560. The highest BCUT2D eigenvalue weighted by Gasteiger charge is 2.14. The Morgan fingerprint density at radius 3 is 2.63 bits per heavy atom. The summed E-state index contributed by atoms with van der Waals surface area (Å²) in [7, 11) is 0. The van der Waals surface area contributed by atoms with Crippen LogP contribution >= 0.6 is 0 Å². The van der Waals surface area contributed by atoms with Crippen molar-refractivity contribution < 1.29 is 4.79 Å². The molecule has 38 heavy (non-hydrogen) atoms. The van der Waals surface area contributed by atoms with Gasteiger partial charge in [-0.1, -0.05) is 24.6 Å². The molecule has 9 heteroatoms. The molecule has 1 aliphatic heterocycles. The van der Waals surface area contributed by atoms with Crippen LogP contribution in [0.5, 0.6) is 0 Å². The fourth-order valence-corrected chi connectivity index (χ4v) is 4.98. The SMILES string of the molecule is NCc1ccc(NC(=O)c2ccc(CN3CCCCC3)cc2)cc1-n1cc(-c2cnc3cccnn23)cn1. The van der Waals surface area contributed by atoms with Crippen LogP contribution in [0.3, 0.4) is 0 Å². The van der Waals surface area contributed by atoms with Gasteiger partial charge in [-0.3, -0.25) is 9.69 Å². The third-order valence-corrected chi connectivity index (χ3v) is 7.04. The topological polar surface area (TPSA) is 106 Å². The third kappa shape index (κ3) is 4.93. The van der Waals surface area contributed by atoms with E-state index in [1.807, 2.05) is 60.8 Å². The predicted molar refractivity (Wildman–Crippen MR) is 147 cm³/mol. The van der Waals surface area contributed by atoms with Gasteiger partial charge >= 0.3 is 0 Å². The van der Waals surface area contributed by atoms with Gasteiger partial charge in [-0.05, 0) is 73.5 Å². The Labute approximate surface area is 220 Å². The van der Waals surface area contributed by atoms with Crippen LogP contribution in [0.15, 0.2) is 79.4 Å². The lowest BCUT2D eigenvalue weighted by Gasteiger charge is -2.26. The number of benzene rings is 2. The number of hydrogen-bond donors (Lipinski definition) is 2. The summed E-state index contributed by atoms with van der Waals surface area (Å²) in [5.74, 6) is -0.154. The largest absolute Gasteiger partial charge is 0.326 e. The summed E-state index contributed by atoms with van der Waals surface area (Å²) >= 11 is 0. The van der Waals surface area contributed by atoms with Crippen molar-refractivity contribution >= 4 is 17.2 Å². The average Bonchev–Trinajstić information content (AvgIpc) is 3.61. The monoisotopic (exact) mass is 506 g/mol. The lowest BCUT2D eigenvalue weighted by atomic mass is 10.1. The highest BCUT2D eigenvalue weighted by Crippen LogP contribution is 2.24. The summed E-state index contributed by atoms with van der Waals surface area (Å²) in [6.45, 7) is 3.57. The summed E-state index contributed by atoms with van der Waals surface area (Å²) in [5, 5.41) is 12.0. The molecule has 192 valence electrons. The van der Waals surface area contributed by atoms with Crippen molar-refractivity contribution in [1.82, 2.24) is 29.3 Å². The molecule has 3 aromatic heterocycles. The Balaban J connectivity index is 1.20. The van der Waals surface area contributed by atoms with Crippen molar-refractivity contribution in [2.45, 2.75) is 32.4 Å². The molecule has 0 saturated carbocycles. The maximum Gasteiger partial charge on any atom is 0.255 e. The van der Waals surface area contributed by atoms with Gasteiger partial charge in [-0.2, -0.15) is 10.2 Å². The molecule has 0 bridgehead atoms. The first-order valence-corrected chi connectivity index (χ1v) is 13.0. The van der Waals surface area contributed by atoms with E-state index in [0.717, 1.165) is 47.8 Å². The molecule has 4 heterocycles. The third-order valence-electron chi connectivity index (χ3n) is 7.04. The standard InChI is InChI=1S/C29H30N8O/c30-16-23-10-11-25(34-29(38)22-8-6-21(7-9-22)19-35-13-2-1-3-14-35)15-26(23)36-20-24(17-33-36)27-18-31-28-5-4-12-32-37(27)28/h4-12,15,17-18,20H,1-3,13-14,16,19,30H2,(H,34,38). The molecule has 6 rings (SSSR count). The van der Waals surface area contributed by atoms with Crippen LogP contribution in [0, 0.1) is 0 Å². The van der Waals surface area contributed by atoms with Gasteiger partial charge in [-0.15, -0.1) is 0 Å². The second-order valence-corrected chi connectivity index (χ2v) is 9.65. The number of carbonyl (C=O) groups is 1. The van der Waals surface area contributed by atoms with Crippen molar-refractivity contribution in [3.05, 3.63) is 96.1 Å². The molecule has 5 aromatic rings. The number of imidazole rings is 1. The maximum absolute atomic E-state index is 13.0. The van der Waals surface area contributed by atoms with E-state index in [1.54, 1.807) is 27.8 Å². The zero-order chi connectivity index (χ0) is 25.9.